The largest absolute Gasteiger partial charge is 0.492 e. The minimum Gasteiger partial charge on any atom is -0.492 e. The van der Waals surface area contributed by atoms with Crippen LogP contribution in [0, 0.1) is 5.92 Å². The van der Waals surface area contributed by atoms with Crippen molar-refractivity contribution in [3.8, 4) is 5.75 Å². The van der Waals surface area contributed by atoms with Crippen molar-refractivity contribution in [1.29, 1.82) is 0 Å². The average molecular weight is 261 g/mol. The lowest BCUT2D eigenvalue weighted by atomic mass is 10.2. The van der Waals surface area contributed by atoms with E-state index in [1.165, 1.54) is 0 Å². The maximum Gasteiger partial charge on any atom is 0.133 e. The second-order valence-corrected chi connectivity index (χ2v) is 4.25. The van der Waals surface area contributed by atoms with Crippen molar-refractivity contribution in [2.75, 3.05) is 12.4 Å². The van der Waals surface area contributed by atoms with E-state index in [4.69, 9.17) is 4.74 Å². The summed E-state index contributed by atoms with van der Waals surface area (Å²) in [6, 6.07) is 7.86. The van der Waals surface area contributed by atoms with Gasteiger partial charge in [-0.1, -0.05) is 19.1 Å². The van der Waals surface area contributed by atoms with E-state index in [1.54, 1.807) is 0 Å². The number of hydrogen-bond acceptors (Lipinski definition) is 2. The highest BCUT2D eigenvalue weighted by molar-refractivity contribution is 9.10. The molecule has 0 aromatic heterocycles. The Balaban J connectivity index is 2.50. The molecule has 0 aliphatic carbocycles. The third-order valence-corrected chi connectivity index (χ3v) is 2.95. The van der Waals surface area contributed by atoms with E-state index >= 15 is 0 Å². The van der Waals surface area contributed by atoms with Gasteiger partial charge >= 0.3 is 0 Å². The third kappa shape index (κ3) is 3.61. The van der Waals surface area contributed by atoms with Gasteiger partial charge in [-0.15, -0.1) is 0 Å². The molecule has 1 nitrogen and oxygen atoms in total. The van der Waals surface area contributed by atoms with Crippen LogP contribution >= 0.6 is 28.6 Å². The summed E-state index contributed by atoms with van der Waals surface area (Å²) in [7, 11) is 0. The molecule has 0 radical (unpaired) electrons. The molecule has 0 amide bonds. The van der Waals surface area contributed by atoms with Crippen LogP contribution in [0.25, 0.3) is 0 Å². The monoisotopic (exact) mass is 260 g/mol. The Morgan fingerprint density at radius 3 is 2.77 bits per heavy atom. The minimum atomic E-state index is 0.482. The van der Waals surface area contributed by atoms with E-state index in [0.29, 0.717) is 12.5 Å². The summed E-state index contributed by atoms with van der Waals surface area (Å²) in [6.45, 7) is 2.83. The van der Waals surface area contributed by atoms with Crippen LogP contribution in [0.4, 0.5) is 0 Å². The van der Waals surface area contributed by atoms with Crippen LogP contribution in [0.15, 0.2) is 28.7 Å². The summed E-state index contributed by atoms with van der Waals surface area (Å²) in [6.07, 6.45) is 0. The Hall–Kier alpha value is -0.150. The fraction of sp³-hybridized carbons (Fsp3) is 0.400. The van der Waals surface area contributed by atoms with Gasteiger partial charge in [-0.05, 0) is 39.7 Å². The summed E-state index contributed by atoms with van der Waals surface area (Å²) in [5.74, 6) is 2.23. The van der Waals surface area contributed by atoms with Crippen LogP contribution in [0.5, 0.6) is 5.75 Å². The minimum absolute atomic E-state index is 0.482. The summed E-state index contributed by atoms with van der Waals surface area (Å²) >= 11 is 7.62. The molecule has 72 valence electrons. The number of benzene rings is 1. The molecule has 0 saturated carbocycles. The van der Waals surface area contributed by atoms with Crippen molar-refractivity contribution >= 4 is 28.6 Å². The van der Waals surface area contributed by atoms with Crippen molar-refractivity contribution in [1.82, 2.24) is 0 Å². The van der Waals surface area contributed by atoms with Gasteiger partial charge in [-0.3, -0.25) is 0 Å². The summed E-state index contributed by atoms with van der Waals surface area (Å²) < 4.78 is 6.59. The molecule has 1 aromatic rings. The molecule has 0 N–H and O–H groups in total. The quantitative estimate of drug-likeness (QED) is 0.817. The lowest BCUT2D eigenvalue weighted by Gasteiger charge is -2.11. The highest BCUT2D eigenvalue weighted by Gasteiger charge is 2.02. The predicted molar refractivity (Wildman–Crippen MR) is 62.7 cm³/mol. The summed E-state index contributed by atoms with van der Waals surface area (Å²) in [5.41, 5.74) is 0. The number of rotatable bonds is 4. The summed E-state index contributed by atoms with van der Waals surface area (Å²) in [4.78, 5) is 0. The average Bonchev–Trinajstić information content (AvgIpc) is 2.16. The first-order valence-electron chi connectivity index (χ1n) is 4.22. The standard InChI is InChI=1S/C10H13BrOS/c1-8(7-13)6-12-10-5-3-2-4-9(10)11/h2-5,8,13H,6-7H2,1H3. The van der Waals surface area contributed by atoms with Crippen LogP contribution in [0.2, 0.25) is 0 Å². The van der Waals surface area contributed by atoms with Crippen molar-refractivity contribution < 1.29 is 4.74 Å². The lowest BCUT2D eigenvalue weighted by Crippen LogP contribution is -2.09. The molecule has 13 heavy (non-hydrogen) atoms. The second-order valence-electron chi connectivity index (χ2n) is 3.03. The first-order valence-corrected chi connectivity index (χ1v) is 5.64. The van der Waals surface area contributed by atoms with E-state index in [2.05, 4.69) is 35.5 Å². The van der Waals surface area contributed by atoms with Crippen LogP contribution in [0.1, 0.15) is 6.92 Å². The number of para-hydroxylation sites is 1. The molecule has 1 rings (SSSR count). The highest BCUT2D eigenvalue weighted by atomic mass is 79.9. The number of ether oxygens (including phenoxy) is 1. The molecule has 1 unspecified atom stereocenters. The SMILES string of the molecule is CC(CS)COc1ccccc1Br. The maximum absolute atomic E-state index is 5.59. The molecule has 0 aliphatic heterocycles. The van der Waals surface area contributed by atoms with Gasteiger partial charge in [-0.25, -0.2) is 0 Å². The zero-order valence-corrected chi connectivity index (χ0v) is 10.0. The fourth-order valence-corrected chi connectivity index (χ4v) is 1.35. The first kappa shape index (κ1) is 10.9. The Morgan fingerprint density at radius 2 is 2.15 bits per heavy atom. The van der Waals surface area contributed by atoms with E-state index in [9.17, 15) is 0 Å². The molecule has 1 atom stereocenters. The highest BCUT2D eigenvalue weighted by Crippen LogP contribution is 2.24. The van der Waals surface area contributed by atoms with Gasteiger partial charge in [0.15, 0.2) is 0 Å². The second kappa shape index (κ2) is 5.55. The summed E-state index contributed by atoms with van der Waals surface area (Å²) in [5, 5.41) is 0. The topological polar surface area (TPSA) is 9.23 Å². The zero-order valence-electron chi connectivity index (χ0n) is 7.53. The van der Waals surface area contributed by atoms with E-state index in [-0.39, 0.29) is 0 Å². The molecular weight excluding hydrogens is 248 g/mol. The molecule has 0 heterocycles. The number of halogens is 1. The predicted octanol–water partition coefficient (Wildman–Crippen LogP) is 3.39. The third-order valence-electron chi connectivity index (χ3n) is 1.67. The van der Waals surface area contributed by atoms with Gasteiger partial charge in [0.1, 0.15) is 5.75 Å². The fourth-order valence-electron chi connectivity index (χ4n) is 0.847. The van der Waals surface area contributed by atoms with Crippen molar-refractivity contribution in [3.63, 3.8) is 0 Å². The molecule has 0 spiro atoms. The molecule has 1 aromatic carbocycles. The zero-order chi connectivity index (χ0) is 9.68. The van der Waals surface area contributed by atoms with Crippen molar-refractivity contribution in [2.45, 2.75) is 6.92 Å². The Kier molecular flexibility index (Phi) is 4.67. The van der Waals surface area contributed by atoms with Crippen molar-refractivity contribution in [2.24, 2.45) is 5.92 Å². The van der Waals surface area contributed by atoms with Crippen LogP contribution in [-0.2, 0) is 0 Å². The molecule has 0 saturated heterocycles. The Morgan fingerprint density at radius 1 is 1.46 bits per heavy atom. The number of hydrogen-bond donors (Lipinski definition) is 1. The number of thiol groups is 1. The van der Waals surface area contributed by atoms with Gasteiger partial charge < -0.3 is 4.74 Å². The van der Waals surface area contributed by atoms with Crippen LogP contribution in [0.3, 0.4) is 0 Å². The van der Waals surface area contributed by atoms with E-state index in [0.717, 1.165) is 16.0 Å². The van der Waals surface area contributed by atoms with Gasteiger partial charge in [0.2, 0.25) is 0 Å². The molecule has 0 aliphatic rings. The molecular formula is C10H13BrOS. The van der Waals surface area contributed by atoms with Gasteiger partial charge in [0.25, 0.3) is 0 Å². The lowest BCUT2D eigenvalue weighted by molar-refractivity contribution is 0.272. The van der Waals surface area contributed by atoms with Crippen molar-refractivity contribution in [3.05, 3.63) is 28.7 Å². The maximum atomic E-state index is 5.59. The molecule has 3 heteroatoms. The molecule has 0 bridgehead atoms. The van der Waals surface area contributed by atoms with Crippen LogP contribution in [-0.4, -0.2) is 12.4 Å². The Bertz CT molecular complexity index is 265. The molecule has 0 fully saturated rings. The van der Waals surface area contributed by atoms with E-state index in [1.807, 2.05) is 24.3 Å². The normalized spacial score (nSPS) is 12.5. The van der Waals surface area contributed by atoms with E-state index < -0.39 is 0 Å². The van der Waals surface area contributed by atoms with Gasteiger partial charge in [0.05, 0.1) is 11.1 Å². The Labute approximate surface area is 93.0 Å². The van der Waals surface area contributed by atoms with Gasteiger partial charge in [0, 0.05) is 0 Å². The smallest absolute Gasteiger partial charge is 0.133 e. The van der Waals surface area contributed by atoms with Crippen LogP contribution < -0.4 is 4.74 Å². The van der Waals surface area contributed by atoms with Gasteiger partial charge in [-0.2, -0.15) is 12.6 Å². The first-order chi connectivity index (χ1) is 6.24.